The first-order valence-electron chi connectivity index (χ1n) is 9.22. The Morgan fingerprint density at radius 2 is 1.75 bits per heavy atom. The molecule has 0 fully saturated rings. The number of H-pyrrole nitrogens is 1. The van der Waals surface area contributed by atoms with Crippen LogP contribution in [0.5, 0.6) is 0 Å². The van der Waals surface area contributed by atoms with Crippen LogP contribution >= 0.6 is 15.9 Å². The predicted octanol–water partition coefficient (Wildman–Crippen LogP) is 6.58. The van der Waals surface area contributed by atoms with E-state index in [0.29, 0.717) is 5.56 Å². The monoisotopic (exact) mass is 432 g/mol. The number of hydrogen-bond acceptors (Lipinski definition) is 2. The summed E-state index contributed by atoms with van der Waals surface area (Å²) in [5.74, 6) is 0.0439. The second kappa shape index (κ2) is 7.64. The molecule has 140 valence electrons. The summed E-state index contributed by atoms with van der Waals surface area (Å²) in [7, 11) is 0. The summed E-state index contributed by atoms with van der Waals surface area (Å²) >= 11 is 3.55. The van der Waals surface area contributed by atoms with E-state index >= 15 is 0 Å². The minimum Gasteiger partial charge on any atom is -0.371 e. The van der Waals surface area contributed by atoms with Crippen molar-refractivity contribution < 1.29 is 4.79 Å². The summed E-state index contributed by atoms with van der Waals surface area (Å²) in [6, 6.07) is 21.4. The van der Waals surface area contributed by atoms with Gasteiger partial charge in [-0.2, -0.15) is 0 Å². The summed E-state index contributed by atoms with van der Waals surface area (Å²) in [4.78, 5) is 16.8. The number of rotatable bonds is 5. The van der Waals surface area contributed by atoms with Crippen molar-refractivity contribution in [3.63, 3.8) is 0 Å². The number of aromatic amines is 1. The highest BCUT2D eigenvalue weighted by Crippen LogP contribution is 2.31. The van der Waals surface area contributed by atoms with Gasteiger partial charge < -0.3 is 10.3 Å². The smallest absolute Gasteiger partial charge is 0.189 e. The minimum absolute atomic E-state index is 0.0439. The van der Waals surface area contributed by atoms with Gasteiger partial charge in [-0.1, -0.05) is 57.9 Å². The fourth-order valence-electron chi connectivity index (χ4n) is 3.42. The number of ketones is 1. The number of benzene rings is 3. The number of anilines is 1. The number of aromatic nitrogens is 1. The molecule has 0 bridgehead atoms. The number of fused-ring (bicyclic) bond motifs is 1. The number of nitrogens with one attached hydrogen (secondary N) is 2. The fourth-order valence-corrected chi connectivity index (χ4v) is 3.78. The second-order valence-electron chi connectivity index (χ2n) is 7.11. The van der Waals surface area contributed by atoms with Crippen LogP contribution in [0.4, 0.5) is 5.69 Å². The molecule has 0 amide bonds. The van der Waals surface area contributed by atoms with Gasteiger partial charge in [0.2, 0.25) is 0 Å². The van der Waals surface area contributed by atoms with Crippen molar-refractivity contribution in [3.8, 4) is 0 Å². The van der Waals surface area contributed by atoms with E-state index in [-0.39, 0.29) is 5.78 Å². The number of aryl methyl sites for hydroxylation is 2. The molecular weight excluding hydrogens is 412 g/mol. The molecule has 1 heterocycles. The maximum absolute atomic E-state index is 13.5. The van der Waals surface area contributed by atoms with Gasteiger partial charge in [0.1, 0.15) is 6.04 Å². The molecule has 0 aliphatic carbocycles. The highest BCUT2D eigenvalue weighted by Gasteiger charge is 2.25. The topological polar surface area (TPSA) is 44.9 Å². The van der Waals surface area contributed by atoms with Crippen LogP contribution in [0.3, 0.4) is 0 Å². The van der Waals surface area contributed by atoms with Crippen LogP contribution in [-0.2, 0) is 0 Å². The third kappa shape index (κ3) is 3.73. The molecule has 4 rings (SSSR count). The molecule has 2 N–H and O–H groups in total. The summed E-state index contributed by atoms with van der Waals surface area (Å²) in [5.41, 5.74) is 5.84. The first-order chi connectivity index (χ1) is 13.5. The van der Waals surface area contributed by atoms with Gasteiger partial charge in [0, 0.05) is 38.4 Å². The molecule has 1 unspecified atom stereocenters. The van der Waals surface area contributed by atoms with Crippen LogP contribution in [0.1, 0.15) is 33.1 Å². The van der Waals surface area contributed by atoms with Gasteiger partial charge >= 0.3 is 0 Å². The van der Waals surface area contributed by atoms with Crippen molar-refractivity contribution >= 4 is 38.3 Å². The number of carbonyl (C=O) groups excluding carboxylic acids is 1. The van der Waals surface area contributed by atoms with Crippen molar-refractivity contribution in [1.82, 2.24) is 4.98 Å². The van der Waals surface area contributed by atoms with E-state index in [1.54, 1.807) is 0 Å². The molecule has 4 aromatic rings. The first kappa shape index (κ1) is 18.5. The van der Waals surface area contributed by atoms with Crippen LogP contribution < -0.4 is 5.32 Å². The molecule has 0 radical (unpaired) electrons. The second-order valence-corrected chi connectivity index (χ2v) is 8.03. The Labute approximate surface area is 172 Å². The van der Waals surface area contributed by atoms with Gasteiger partial charge in [-0.3, -0.25) is 4.79 Å². The molecule has 0 aliphatic heterocycles. The Morgan fingerprint density at radius 1 is 0.964 bits per heavy atom. The fraction of sp³-hybridized carbons (Fsp3) is 0.125. The largest absolute Gasteiger partial charge is 0.371 e. The maximum Gasteiger partial charge on any atom is 0.189 e. The van der Waals surface area contributed by atoms with E-state index in [0.717, 1.165) is 37.8 Å². The predicted molar refractivity (Wildman–Crippen MR) is 119 cm³/mol. The number of hydrogen-bond donors (Lipinski definition) is 2. The lowest BCUT2D eigenvalue weighted by Crippen LogP contribution is -2.21. The van der Waals surface area contributed by atoms with E-state index in [1.165, 1.54) is 0 Å². The first-order valence-corrected chi connectivity index (χ1v) is 10.0. The van der Waals surface area contributed by atoms with Crippen LogP contribution in [0.15, 0.2) is 77.4 Å². The number of Topliss-reactive ketones (excluding diaryl/α,β-unsaturated/α-hetero) is 1. The lowest BCUT2D eigenvalue weighted by molar-refractivity contribution is 0.0970. The Bertz CT molecular complexity index is 1140. The highest BCUT2D eigenvalue weighted by molar-refractivity contribution is 9.10. The zero-order valence-corrected chi connectivity index (χ0v) is 17.4. The summed E-state index contributed by atoms with van der Waals surface area (Å²) < 4.78 is 0.984. The zero-order chi connectivity index (χ0) is 19.7. The Hall–Kier alpha value is -2.85. The third-order valence-corrected chi connectivity index (χ3v) is 5.41. The van der Waals surface area contributed by atoms with Crippen molar-refractivity contribution in [3.05, 3.63) is 99.7 Å². The van der Waals surface area contributed by atoms with E-state index in [4.69, 9.17) is 0 Å². The Kier molecular flexibility index (Phi) is 5.05. The third-order valence-electron chi connectivity index (χ3n) is 4.91. The molecule has 0 saturated heterocycles. The summed E-state index contributed by atoms with van der Waals surface area (Å²) in [6.07, 6.45) is 1.93. The standard InChI is InChI=1S/C24H21BrN2O/c1-15-6-8-17(9-7-15)24(28)23(27-19-5-3-4-16(2)12-19)21-14-26-22-11-10-18(25)13-20(21)22/h3-14,23,26-27H,1-2H3. The Morgan fingerprint density at radius 3 is 2.50 bits per heavy atom. The highest BCUT2D eigenvalue weighted by atomic mass is 79.9. The van der Waals surface area contributed by atoms with Gasteiger partial charge in [0.25, 0.3) is 0 Å². The molecule has 1 aromatic heterocycles. The number of carbonyl (C=O) groups is 1. The van der Waals surface area contributed by atoms with Crippen molar-refractivity contribution in [2.75, 3.05) is 5.32 Å². The molecule has 3 aromatic carbocycles. The molecule has 4 heteroatoms. The Balaban J connectivity index is 1.81. The van der Waals surface area contributed by atoms with Crippen LogP contribution in [0, 0.1) is 13.8 Å². The van der Waals surface area contributed by atoms with Crippen LogP contribution in [0.2, 0.25) is 0 Å². The zero-order valence-electron chi connectivity index (χ0n) is 15.8. The minimum atomic E-state index is -0.493. The van der Waals surface area contributed by atoms with Gasteiger partial charge in [-0.05, 0) is 49.7 Å². The molecule has 3 nitrogen and oxygen atoms in total. The van der Waals surface area contributed by atoms with Crippen molar-refractivity contribution in [2.24, 2.45) is 0 Å². The van der Waals surface area contributed by atoms with Gasteiger partial charge in [0.05, 0.1) is 0 Å². The summed E-state index contributed by atoms with van der Waals surface area (Å²) in [6.45, 7) is 4.07. The van der Waals surface area contributed by atoms with Crippen LogP contribution in [-0.4, -0.2) is 10.8 Å². The molecule has 0 spiro atoms. The van der Waals surface area contributed by atoms with Crippen molar-refractivity contribution in [1.29, 1.82) is 0 Å². The molecule has 0 saturated carbocycles. The quantitative estimate of drug-likeness (QED) is 0.349. The van der Waals surface area contributed by atoms with E-state index in [2.05, 4.69) is 38.4 Å². The van der Waals surface area contributed by atoms with E-state index < -0.39 is 6.04 Å². The van der Waals surface area contributed by atoms with E-state index in [9.17, 15) is 4.79 Å². The molecular formula is C24H21BrN2O. The molecule has 28 heavy (non-hydrogen) atoms. The van der Waals surface area contributed by atoms with Crippen LogP contribution in [0.25, 0.3) is 10.9 Å². The lowest BCUT2D eigenvalue weighted by Gasteiger charge is -2.19. The maximum atomic E-state index is 13.5. The van der Waals surface area contributed by atoms with Gasteiger partial charge in [0.15, 0.2) is 5.78 Å². The van der Waals surface area contributed by atoms with E-state index in [1.807, 2.05) is 74.6 Å². The SMILES string of the molecule is Cc1ccc(C(=O)C(Nc2cccc(C)c2)c2c[nH]c3ccc(Br)cc23)cc1. The molecule has 1 atom stereocenters. The lowest BCUT2D eigenvalue weighted by atomic mass is 9.96. The molecule has 0 aliphatic rings. The number of halogens is 1. The summed E-state index contributed by atoms with van der Waals surface area (Å²) in [5, 5.41) is 4.49. The average Bonchev–Trinajstić information content (AvgIpc) is 3.09. The van der Waals surface area contributed by atoms with Crippen molar-refractivity contribution in [2.45, 2.75) is 19.9 Å². The van der Waals surface area contributed by atoms with Gasteiger partial charge in [-0.15, -0.1) is 0 Å². The average molecular weight is 433 g/mol. The normalized spacial score (nSPS) is 12.1. The van der Waals surface area contributed by atoms with Gasteiger partial charge in [-0.25, -0.2) is 0 Å².